The van der Waals surface area contributed by atoms with Gasteiger partial charge in [0.05, 0.1) is 0 Å². The van der Waals surface area contributed by atoms with E-state index in [1.54, 1.807) is 6.20 Å². The molecule has 0 aliphatic heterocycles. The Bertz CT molecular complexity index is 728. The molecule has 3 rings (SSSR count). The maximum atomic E-state index is 12.3. The van der Waals surface area contributed by atoms with Gasteiger partial charge in [-0.15, -0.1) is 0 Å². The van der Waals surface area contributed by atoms with Gasteiger partial charge >= 0.3 is 0 Å². The highest BCUT2D eigenvalue weighted by Gasteiger charge is 2.10. The number of benzene rings is 1. The fraction of sp³-hybridized carbons (Fsp3) is 0.0556. The molecule has 3 nitrogen and oxygen atoms in total. The van der Waals surface area contributed by atoms with Gasteiger partial charge in [0.1, 0.15) is 5.69 Å². The van der Waals surface area contributed by atoms with Gasteiger partial charge in [-0.2, -0.15) is 4.57 Å². The first-order valence-electron chi connectivity index (χ1n) is 6.82. The van der Waals surface area contributed by atoms with Gasteiger partial charge in [-0.3, -0.25) is 9.78 Å². The lowest BCUT2D eigenvalue weighted by molar-refractivity contribution is -0.688. The Hall–Kier alpha value is -2.33. The van der Waals surface area contributed by atoms with E-state index < -0.39 is 0 Å². The topological polar surface area (TPSA) is 33.8 Å². The van der Waals surface area contributed by atoms with E-state index in [1.165, 1.54) is 0 Å². The largest absolute Gasteiger partial charge is 1.00 e. The molecule has 0 saturated heterocycles. The smallest absolute Gasteiger partial charge is 0.193 e. The number of hydrogen-bond acceptors (Lipinski definition) is 2. The number of halogens is 1. The highest BCUT2D eigenvalue weighted by atomic mass is 79.9. The summed E-state index contributed by atoms with van der Waals surface area (Å²) in [6.45, 7) is 0.695. The lowest BCUT2D eigenvalue weighted by Gasteiger charge is -2.01. The van der Waals surface area contributed by atoms with Gasteiger partial charge in [0.25, 0.3) is 0 Å². The highest BCUT2D eigenvalue weighted by molar-refractivity contribution is 6.08. The molecule has 0 atom stereocenters. The predicted octanol–water partition coefficient (Wildman–Crippen LogP) is -0.348. The summed E-state index contributed by atoms with van der Waals surface area (Å²) in [5, 5.41) is 0. The summed E-state index contributed by atoms with van der Waals surface area (Å²) >= 11 is 0. The molecule has 110 valence electrons. The summed E-state index contributed by atoms with van der Waals surface area (Å²) < 4.78 is 2.00. The summed E-state index contributed by atoms with van der Waals surface area (Å²) in [7, 11) is 0. The van der Waals surface area contributed by atoms with Crippen molar-refractivity contribution in [2.75, 3.05) is 0 Å². The van der Waals surface area contributed by atoms with E-state index in [9.17, 15) is 4.79 Å². The molecule has 0 saturated carbocycles. The molecule has 0 radical (unpaired) electrons. The Morgan fingerprint density at radius 1 is 0.864 bits per heavy atom. The van der Waals surface area contributed by atoms with Crippen molar-refractivity contribution in [3.63, 3.8) is 0 Å². The minimum Gasteiger partial charge on any atom is -1.00 e. The molecule has 22 heavy (non-hydrogen) atoms. The van der Waals surface area contributed by atoms with E-state index >= 15 is 0 Å². The summed E-state index contributed by atoms with van der Waals surface area (Å²) in [4.78, 5) is 16.6. The molecule has 0 N–H and O–H groups in total. The third kappa shape index (κ3) is 3.86. The van der Waals surface area contributed by atoms with Crippen LogP contribution in [-0.2, 0) is 6.54 Å². The number of ketones is 1. The zero-order chi connectivity index (χ0) is 14.5. The van der Waals surface area contributed by atoms with Crippen LogP contribution >= 0.6 is 0 Å². The van der Waals surface area contributed by atoms with Crippen molar-refractivity contribution < 1.29 is 26.3 Å². The summed E-state index contributed by atoms with van der Waals surface area (Å²) in [5.74, 6) is 0.0422. The number of carbonyl (C=O) groups excluding carboxylic acids is 1. The minimum atomic E-state index is 0. The molecule has 2 aromatic heterocycles. The lowest BCUT2D eigenvalue weighted by Crippen LogP contribution is -3.00. The molecule has 0 amide bonds. The van der Waals surface area contributed by atoms with Crippen molar-refractivity contribution in [2.24, 2.45) is 0 Å². The molecule has 3 aromatic rings. The van der Waals surface area contributed by atoms with Crippen LogP contribution in [0.4, 0.5) is 0 Å². The predicted molar refractivity (Wildman–Crippen MR) is 79.9 cm³/mol. The van der Waals surface area contributed by atoms with Crippen LogP contribution in [0, 0.1) is 0 Å². The van der Waals surface area contributed by atoms with Crippen LogP contribution in [0.2, 0.25) is 0 Å². The van der Waals surface area contributed by atoms with Gasteiger partial charge in [-0.25, -0.2) is 0 Å². The number of hydrogen-bond donors (Lipinski definition) is 0. The third-order valence-electron chi connectivity index (χ3n) is 3.26. The van der Waals surface area contributed by atoms with Crippen LogP contribution in [0.5, 0.6) is 0 Å². The summed E-state index contributed by atoms with van der Waals surface area (Å²) in [6.07, 6.45) is 5.60. The normalized spacial score (nSPS) is 9.82. The second-order valence-corrected chi connectivity index (χ2v) is 4.78. The first-order chi connectivity index (χ1) is 10.3. The average Bonchev–Trinajstić information content (AvgIpc) is 2.57. The molecule has 4 heteroatoms. The number of carbonyl (C=O) groups is 1. The molecule has 1 aromatic carbocycles. The number of pyridine rings is 2. The monoisotopic (exact) mass is 354 g/mol. The second-order valence-electron chi connectivity index (χ2n) is 4.78. The molecule has 0 fully saturated rings. The van der Waals surface area contributed by atoms with Crippen LogP contribution in [0.25, 0.3) is 0 Å². The fourth-order valence-electron chi connectivity index (χ4n) is 2.15. The molecule has 0 aliphatic carbocycles. The molecular formula is C18H15BrN2O. The Labute approximate surface area is 140 Å². The Balaban J connectivity index is 0.00000176. The van der Waals surface area contributed by atoms with Crippen molar-refractivity contribution in [2.45, 2.75) is 6.54 Å². The Kier molecular flexibility index (Phi) is 5.55. The van der Waals surface area contributed by atoms with Crippen LogP contribution in [0.15, 0.2) is 79.3 Å². The first kappa shape index (κ1) is 16.0. The van der Waals surface area contributed by atoms with E-state index in [0.717, 1.165) is 5.69 Å². The highest BCUT2D eigenvalue weighted by Crippen LogP contribution is 2.07. The van der Waals surface area contributed by atoms with Gasteiger partial charge in [0, 0.05) is 29.5 Å². The maximum absolute atomic E-state index is 12.3. The quantitative estimate of drug-likeness (QED) is 0.474. The van der Waals surface area contributed by atoms with Gasteiger partial charge < -0.3 is 17.0 Å². The molecule has 0 bridgehead atoms. The van der Waals surface area contributed by atoms with Crippen molar-refractivity contribution in [1.29, 1.82) is 0 Å². The van der Waals surface area contributed by atoms with Crippen LogP contribution in [0.3, 0.4) is 0 Å². The van der Waals surface area contributed by atoms with E-state index in [1.807, 2.05) is 77.6 Å². The van der Waals surface area contributed by atoms with Crippen molar-refractivity contribution >= 4 is 5.78 Å². The van der Waals surface area contributed by atoms with E-state index in [0.29, 0.717) is 17.7 Å². The zero-order valence-electron chi connectivity index (χ0n) is 11.9. The Morgan fingerprint density at radius 2 is 1.50 bits per heavy atom. The maximum Gasteiger partial charge on any atom is 0.193 e. The second kappa shape index (κ2) is 7.61. The number of aromatic nitrogens is 2. The van der Waals surface area contributed by atoms with Crippen LogP contribution in [-0.4, -0.2) is 10.8 Å². The molecule has 0 unspecified atom stereocenters. The van der Waals surface area contributed by atoms with Crippen molar-refractivity contribution in [1.82, 2.24) is 4.98 Å². The number of rotatable bonds is 4. The number of nitrogens with zero attached hydrogens (tertiary/aromatic N) is 2. The molecular weight excluding hydrogens is 340 g/mol. The first-order valence-corrected chi connectivity index (χ1v) is 6.82. The van der Waals surface area contributed by atoms with Gasteiger partial charge in [0.2, 0.25) is 0 Å². The van der Waals surface area contributed by atoms with E-state index in [2.05, 4.69) is 4.98 Å². The van der Waals surface area contributed by atoms with Crippen LogP contribution in [0.1, 0.15) is 21.6 Å². The van der Waals surface area contributed by atoms with E-state index in [-0.39, 0.29) is 22.8 Å². The van der Waals surface area contributed by atoms with Crippen molar-refractivity contribution in [3.8, 4) is 0 Å². The standard InChI is InChI=1S/C18H15N2O.BrH/c21-18(15-6-2-1-3-7-15)16-9-12-20(13-10-16)14-17-8-4-5-11-19-17;/h1-13H,14H2;1H/q+1;/p-1. The Morgan fingerprint density at radius 3 is 2.14 bits per heavy atom. The summed E-state index contributed by atoms with van der Waals surface area (Å²) in [5.41, 5.74) is 2.39. The molecule has 0 aliphatic rings. The van der Waals surface area contributed by atoms with Gasteiger partial charge in [0.15, 0.2) is 24.7 Å². The van der Waals surface area contributed by atoms with Gasteiger partial charge in [-0.1, -0.05) is 36.4 Å². The minimum absolute atomic E-state index is 0. The summed E-state index contributed by atoms with van der Waals surface area (Å²) in [6, 6.07) is 18.9. The van der Waals surface area contributed by atoms with Gasteiger partial charge in [-0.05, 0) is 12.1 Å². The SMILES string of the molecule is O=C(c1ccccc1)c1cc[n+](Cc2ccccn2)cc1.[Br-]. The molecule has 2 heterocycles. The third-order valence-corrected chi connectivity index (χ3v) is 3.26. The van der Waals surface area contributed by atoms with Crippen LogP contribution < -0.4 is 21.5 Å². The lowest BCUT2D eigenvalue weighted by atomic mass is 10.0. The van der Waals surface area contributed by atoms with E-state index in [4.69, 9.17) is 0 Å². The molecule has 0 spiro atoms. The average molecular weight is 355 g/mol. The van der Waals surface area contributed by atoms with Crippen molar-refractivity contribution in [3.05, 3.63) is 96.1 Å². The zero-order valence-corrected chi connectivity index (χ0v) is 13.5. The fourth-order valence-corrected chi connectivity index (χ4v) is 2.15.